The van der Waals surface area contributed by atoms with Gasteiger partial charge >= 0.3 is 0 Å². The number of nitrogens with zero attached hydrogens (tertiary/aromatic N) is 1. The van der Waals surface area contributed by atoms with Crippen molar-refractivity contribution >= 4 is 0 Å². The molecule has 2 atom stereocenters. The first-order valence-corrected chi connectivity index (χ1v) is 5.72. The predicted octanol–water partition coefficient (Wildman–Crippen LogP) is 1.72. The van der Waals surface area contributed by atoms with Gasteiger partial charge in [0.2, 0.25) is 0 Å². The first-order chi connectivity index (χ1) is 6.26. The van der Waals surface area contributed by atoms with Gasteiger partial charge in [-0.05, 0) is 12.3 Å². The lowest BCUT2D eigenvalue weighted by Crippen LogP contribution is -2.51. The van der Waals surface area contributed by atoms with Crippen molar-refractivity contribution in [3.05, 3.63) is 0 Å². The first kappa shape index (κ1) is 11.0. The van der Waals surface area contributed by atoms with Gasteiger partial charge in [0, 0.05) is 32.2 Å². The van der Waals surface area contributed by atoms with Crippen molar-refractivity contribution in [2.45, 2.75) is 39.7 Å². The molecule has 0 spiro atoms. The minimum absolute atomic E-state index is 0.734. The van der Waals surface area contributed by atoms with E-state index in [2.05, 4.69) is 31.0 Å². The molecule has 2 nitrogen and oxygen atoms in total. The summed E-state index contributed by atoms with van der Waals surface area (Å²) in [6.07, 6.45) is 2.57. The Hall–Kier alpha value is -0.0800. The fourth-order valence-electron chi connectivity index (χ4n) is 1.90. The van der Waals surface area contributed by atoms with Crippen molar-refractivity contribution in [2.24, 2.45) is 5.92 Å². The van der Waals surface area contributed by atoms with E-state index in [1.54, 1.807) is 0 Å². The Morgan fingerprint density at radius 3 is 2.85 bits per heavy atom. The van der Waals surface area contributed by atoms with E-state index in [1.807, 2.05) is 0 Å². The van der Waals surface area contributed by atoms with Gasteiger partial charge in [0.05, 0.1) is 0 Å². The normalized spacial score (nSPS) is 27.5. The van der Waals surface area contributed by atoms with Crippen LogP contribution in [0, 0.1) is 5.92 Å². The topological polar surface area (TPSA) is 15.3 Å². The van der Waals surface area contributed by atoms with Crippen molar-refractivity contribution in [3.63, 3.8) is 0 Å². The van der Waals surface area contributed by atoms with Crippen LogP contribution in [-0.4, -0.2) is 37.1 Å². The van der Waals surface area contributed by atoms with Gasteiger partial charge in [-0.15, -0.1) is 0 Å². The molecule has 0 amide bonds. The van der Waals surface area contributed by atoms with Crippen LogP contribution >= 0.6 is 0 Å². The van der Waals surface area contributed by atoms with Crippen molar-refractivity contribution in [3.8, 4) is 0 Å². The van der Waals surface area contributed by atoms with Gasteiger partial charge in [0.25, 0.3) is 0 Å². The number of hydrogen-bond acceptors (Lipinski definition) is 2. The molecule has 1 heterocycles. The minimum Gasteiger partial charge on any atom is -0.311 e. The highest BCUT2D eigenvalue weighted by atomic mass is 15.2. The van der Waals surface area contributed by atoms with Gasteiger partial charge in [-0.25, -0.2) is 0 Å². The maximum absolute atomic E-state index is 3.55. The van der Waals surface area contributed by atoms with E-state index in [1.165, 1.54) is 39.0 Å². The molecule has 0 saturated carbocycles. The summed E-state index contributed by atoms with van der Waals surface area (Å²) < 4.78 is 0. The lowest BCUT2D eigenvalue weighted by molar-refractivity contribution is 0.173. The third-order valence-electron chi connectivity index (χ3n) is 3.10. The Labute approximate surface area is 82.7 Å². The maximum Gasteiger partial charge on any atom is 0.0192 e. The molecule has 78 valence electrons. The van der Waals surface area contributed by atoms with Crippen LogP contribution in [0.5, 0.6) is 0 Å². The van der Waals surface area contributed by atoms with Crippen LogP contribution < -0.4 is 5.32 Å². The first-order valence-electron chi connectivity index (χ1n) is 5.72. The summed E-state index contributed by atoms with van der Waals surface area (Å²) in [5.41, 5.74) is 0. The SMILES string of the molecule is CCC(C)CN1CCNC(CC)C1. The molecule has 2 heteroatoms. The molecule has 1 N–H and O–H groups in total. The highest BCUT2D eigenvalue weighted by molar-refractivity contribution is 4.77. The van der Waals surface area contributed by atoms with Crippen LogP contribution in [-0.2, 0) is 0 Å². The molecule has 0 radical (unpaired) electrons. The summed E-state index contributed by atoms with van der Waals surface area (Å²) in [6, 6.07) is 0.734. The third kappa shape index (κ3) is 3.65. The average molecular weight is 184 g/mol. The molecule has 1 rings (SSSR count). The Bertz CT molecular complexity index is 134. The zero-order valence-electron chi connectivity index (χ0n) is 9.34. The highest BCUT2D eigenvalue weighted by Gasteiger charge is 2.18. The number of nitrogens with one attached hydrogen (secondary N) is 1. The quantitative estimate of drug-likeness (QED) is 0.715. The lowest BCUT2D eigenvalue weighted by atomic mass is 10.1. The Balaban J connectivity index is 2.25. The monoisotopic (exact) mass is 184 g/mol. The van der Waals surface area contributed by atoms with Crippen LogP contribution in [0.15, 0.2) is 0 Å². The molecule has 0 aromatic rings. The Morgan fingerprint density at radius 1 is 1.46 bits per heavy atom. The van der Waals surface area contributed by atoms with E-state index < -0.39 is 0 Å². The lowest BCUT2D eigenvalue weighted by Gasteiger charge is -2.34. The second-order valence-corrected chi connectivity index (χ2v) is 4.33. The fraction of sp³-hybridized carbons (Fsp3) is 1.00. The molecule has 1 aliphatic rings. The summed E-state index contributed by atoms with van der Waals surface area (Å²) in [4.78, 5) is 2.61. The molecular formula is C11H24N2. The highest BCUT2D eigenvalue weighted by Crippen LogP contribution is 2.08. The van der Waals surface area contributed by atoms with Gasteiger partial charge in [0.15, 0.2) is 0 Å². The molecular weight excluding hydrogens is 160 g/mol. The minimum atomic E-state index is 0.734. The van der Waals surface area contributed by atoms with Crippen molar-refractivity contribution in [2.75, 3.05) is 26.2 Å². The average Bonchev–Trinajstić information content (AvgIpc) is 2.18. The van der Waals surface area contributed by atoms with Gasteiger partial charge in [-0.1, -0.05) is 27.2 Å². The van der Waals surface area contributed by atoms with Gasteiger partial charge in [-0.3, -0.25) is 0 Å². The smallest absolute Gasteiger partial charge is 0.0192 e. The largest absolute Gasteiger partial charge is 0.311 e. The zero-order chi connectivity index (χ0) is 9.68. The fourth-order valence-corrected chi connectivity index (χ4v) is 1.90. The number of piperazine rings is 1. The van der Waals surface area contributed by atoms with Crippen LogP contribution in [0.3, 0.4) is 0 Å². The molecule has 2 unspecified atom stereocenters. The molecule has 13 heavy (non-hydrogen) atoms. The van der Waals surface area contributed by atoms with Crippen molar-refractivity contribution in [1.82, 2.24) is 10.2 Å². The number of hydrogen-bond donors (Lipinski definition) is 1. The molecule has 1 aliphatic heterocycles. The molecule has 0 aromatic heterocycles. The second kappa shape index (κ2) is 5.61. The molecule has 0 bridgehead atoms. The van der Waals surface area contributed by atoms with Gasteiger partial charge in [0.1, 0.15) is 0 Å². The summed E-state index contributed by atoms with van der Waals surface area (Å²) in [5, 5.41) is 3.55. The summed E-state index contributed by atoms with van der Waals surface area (Å²) in [5.74, 6) is 0.857. The van der Waals surface area contributed by atoms with E-state index in [9.17, 15) is 0 Å². The maximum atomic E-state index is 3.55. The molecule has 0 aromatic carbocycles. The molecule has 1 saturated heterocycles. The number of rotatable bonds is 4. The Kier molecular flexibility index (Phi) is 4.74. The standard InChI is InChI=1S/C11H24N2/c1-4-10(3)8-13-7-6-12-11(5-2)9-13/h10-12H,4-9H2,1-3H3. The van der Waals surface area contributed by atoms with E-state index in [4.69, 9.17) is 0 Å². The summed E-state index contributed by atoms with van der Waals surface area (Å²) in [7, 11) is 0. The van der Waals surface area contributed by atoms with E-state index in [0.717, 1.165) is 12.0 Å². The summed E-state index contributed by atoms with van der Waals surface area (Å²) in [6.45, 7) is 11.9. The Morgan fingerprint density at radius 2 is 2.23 bits per heavy atom. The van der Waals surface area contributed by atoms with Crippen LogP contribution in [0.2, 0.25) is 0 Å². The second-order valence-electron chi connectivity index (χ2n) is 4.33. The summed E-state index contributed by atoms with van der Waals surface area (Å²) >= 11 is 0. The van der Waals surface area contributed by atoms with Crippen molar-refractivity contribution in [1.29, 1.82) is 0 Å². The van der Waals surface area contributed by atoms with E-state index in [0.29, 0.717) is 0 Å². The van der Waals surface area contributed by atoms with E-state index >= 15 is 0 Å². The van der Waals surface area contributed by atoms with Crippen molar-refractivity contribution < 1.29 is 0 Å². The molecule has 0 aliphatic carbocycles. The molecule has 1 fully saturated rings. The predicted molar refractivity (Wildman–Crippen MR) is 58.0 cm³/mol. The van der Waals surface area contributed by atoms with Crippen LogP contribution in [0.4, 0.5) is 0 Å². The van der Waals surface area contributed by atoms with Gasteiger partial charge in [-0.2, -0.15) is 0 Å². The zero-order valence-corrected chi connectivity index (χ0v) is 9.34. The van der Waals surface area contributed by atoms with Crippen LogP contribution in [0.1, 0.15) is 33.6 Å². The van der Waals surface area contributed by atoms with Gasteiger partial charge < -0.3 is 10.2 Å². The van der Waals surface area contributed by atoms with Crippen LogP contribution in [0.25, 0.3) is 0 Å². The van der Waals surface area contributed by atoms with E-state index in [-0.39, 0.29) is 0 Å². The third-order valence-corrected chi connectivity index (χ3v) is 3.10.